The maximum atomic E-state index is 3.34. The van der Waals surface area contributed by atoms with Gasteiger partial charge in [-0.2, -0.15) is 0 Å². The Morgan fingerprint density at radius 2 is 1.83 bits per heavy atom. The molecule has 6 unspecified atom stereocenters. The lowest BCUT2D eigenvalue weighted by Crippen LogP contribution is -2.49. The zero-order valence-corrected chi connectivity index (χ0v) is 16.7. The molecule has 3 fully saturated rings. The molecule has 0 aromatic heterocycles. The van der Waals surface area contributed by atoms with Crippen molar-refractivity contribution in [2.45, 2.75) is 91.9 Å². The molecule has 3 saturated carbocycles. The SMILES string of the molecule is CC.CNCCCC1CCCC2C1CCC1CC(C)CCC12C. The van der Waals surface area contributed by atoms with E-state index in [1.54, 1.807) is 19.3 Å². The van der Waals surface area contributed by atoms with Gasteiger partial charge in [0, 0.05) is 0 Å². The van der Waals surface area contributed by atoms with Gasteiger partial charge in [-0.3, -0.25) is 0 Å². The highest BCUT2D eigenvalue weighted by molar-refractivity contribution is 5.01. The van der Waals surface area contributed by atoms with Crippen LogP contribution in [-0.2, 0) is 0 Å². The first kappa shape index (κ1) is 19.3. The summed E-state index contributed by atoms with van der Waals surface area (Å²) in [6.45, 7) is 10.4. The first-order valence-electron chi connectivity index (χ1n) is 10.8. The van der Waals surface area contributed by atoms with Crippen molar-refractivity contribution in [1.82, 2.24) is 5.32 Å². The van der Waals surface area contributed by atoms with Crippen LogP contribution in [0.15, 0.2) is 0 Å². The molecule has 3 aliphatic carbocycles. The first-order valence-corrected chi connectivity index (χ1v) is 10.8. The summed E-state index contributed by atoms with van der Waals surface area (Å²) in [4.78, 5) is 0. The summed E-state index contributed by atoms with van der Waals surface area (Å²) in [6.07, 6.45) is 15.1. The Labute approximate surface area is 146 Å². The quantitative estimate of drug-likeness (QED) is 0.601. The zero-order chi connectivity index (χ0) is 16.9. The second kappa shape index (κ2) is 8.88. The summed E-state index contributed by atoms with van der Waals surface area (Å²) in [7, 11) is 2.10. The number of hydrogen-bond donors (Lipinski definition) is 1. The molecule has 0 bridgehead atoms. The summed E-state index contributed by atoms with van der Waals surface area (Å²) in [5.74, 6) is 5.24. The molecule has 1 nitrogen and oxygen atoms in total. The molecule has 6 atom stereocenters. The minimum Gasteiger partial charge on any atom is -0.320 e. The normalized spacial score (nSPS) is 42.9. The second-order valence-corrected chi connectivity index (χ2v) is 8.87. The van der Waals surface area contributed by atoms with Gasteiger partial charge in [0.2, 0.25) is 0 Å². The fraction of sp³-hybridized carbons (Fsp3) is 1.00. The predicted molar refractivity (Wildman–Crippen MR) is 103 cm³/mol. The number of fused-ring (bicyclic) bond motifs is 3. The highest BCUT2D eigenvalue weighted by Crippen LogP contribution is 2.61. The van der Waals surface area contributed by atoms with Crippen LogP contribution in [0.4, 0.5) is 0 Å². The van der Waals surface area contributed by atoms with Gasteiger partial charge in [0.1, 0.15) is 0 Å². The van der Waals surface area contributed by atoms with Gasteiger partial charge in [0.05, 0.1) is 0 Å². The Morgan fingerprint density at radius 1 is 1.04 bits per heavy atom. The average molecular weight is 322 g/mol. The molecule has 0 aromatic carbocycles. The highest BCUT2D eigenvalue weighted by Gasteiger charge is 2.52. The lowest BCUT2D eigenvalue weighted by atomic mass is 9.47. The average Bonchev–Trinajstić information content (AvgIpc) is 2.58. The third kappa shape index (κ3) is 4.14. The molecule has 0 radical (unpaired) electrons. The molecule has 1 N–H and O–H groups in total. The van der Waals surface area contributed by atoms with Crippen LogP contribution in [0.5, 0.6) is 0 Å². The largest absolute Gasteiger partial charge is 0.320 e. The van der Waals surface area contributed by atoms with Crippen LogP contribution >= 0.6 is 0 Å². The molecule has 0 amide bonds. The van der Waals surface area contributed by atoms with E-state index in [4.69, 9.17) is 0 Å². The summed E-state index contributed by atoms with van der Waals surface area (Å²) in [5, 5.41) is 3.34. The summed E-state index contributed by atoms with van der Waals surface area (Å²) in [5.41, 5.74) is 0.705. The standard InChI is InChI=1S/C20H37N.C2H6/c1-15-11-12-20(2)17(14-15)9-10-18-16(7-5-13-21-3)6-4-8-19(18)20;1-2/h15-19,21H,4-14H2,1-3H3;1-2H3. The molecule has 3 aliphatic rings. The highest BCUT2D eigenvalue weighted by atomic mass is 14.8. The van der Waals surface area contributed by atoms with Crippen LogP contribution < -0.4 is 5.32 Å². The molecule has 3 rings (SSSR count). The molecular weight excluding hydrogens is 278 g/mol. The van der Waals surface area contributed by atoms with E-state index in [0.717, 1.165) is 29.6 Å². The van der Waals surface area contributed by atoms with Gasteiger partial charge in [-0.05, 0) is 93.5 Å². The van der Waals surface area contributed by atoms with Crippen molar-refractivity contribution in [2.24, 2.45) is 35.0 Å². The van der Waals surface area contributed by atoms with Crippen LogP contribution in [-0.4, -0.2) is 13.6 Å². The van der Waals surface area contributed by atoms with E-state index in [2.05, 4.69) is 26.2 Å². The van der Waals surface area contributed by atoms with Crippen molar-refractivity contribution in [3.63, 3.8) is 0 Å². The first-order chi connectivity index (χ1) is 11.1. The molecule has 0 aromatic rings. The van der Waals surface area contributed by atoms with E-state index in [0.29, 0.717) is 5.41 Å². The second-order valence-electron chi connectivity index (χ2n) is 8.87. The van der Waals surface area contributed by atoms with Gasteiger partial charge in [-0.15, -0.1) is 0 Å². The van der Waals surface area contributed by atoms with Crippen molar-refractivity contribution in [1.29, 1.82) is 0 Å². The van der Waals surface area contributed by atoms with Gasteiger partial charge >= 0.3 is 0 Å². The molecule has 1 heteroatoms. The number of hydrogen-bond acceptors (Lipinski definition) is 1. The molecule has 0 spiro atoms. The lowest BCUT2D eigenvalue weighted by Gasteiger charge is -2.58. The molecule has 0 saturated heterocycles. The third-order valence-electron chi connectivity index (χ3n) is 7.70. The smallest absolute Gasteiger partial charge is 0.00518 e. The van der Waals surface area contributed by atoms with Crippen LogP contribution in [0, 0.1) is 35.0 Å². The van der Waals surface area contributed by atoms with Gasteiger partial charge in [0.25, 0.3) is 0 Å². The minimum absolute atomic E-state index is 0.705. The van der Waals surface area contributed by atoms with Gasteiger partial charge < -0.3 is 5.32 Å². The van der Waals surface area contributed by atoms with Crippen molar-refractivity contribution >= 4 is 0 Å². The van der Waals surface area contributed by atoms with Crippen LogP contribution in [0.1, 0.15) is 91.9 Å². The molecular formula is C22H43N. The van der Waals surface area contributed by atoms with Crippen molar-refractivity contribution < 1.29 is 0 Å². The van der Waals surface area contributed by atoms with Crippen LogP contribution in [0.2, 0.25) is 0 Å². The minimum atomic E-state index is 0.705. The topological polar surface area (TPSA) is 12.0 Å². The van der Waals surface area contributed by atoms with E-state index in [1.807, 2.05) is 13.8 Å². The molecule has 0 aliphatic heterocycles. The third-order valence-corrected chi connectivity index (χ3v) is 7.70. The van der Waals surface area contributed by atoms with E-state index >= 15 is 0 Å². The van der Waals surface area contributed by atoms with E-state index in [-0.39, 0.29) is 0 Å². The monoisotopic (exact) mass is 321 g/mol. The molecule has 0 heterocycles. The van der Waals surface area contributed by atoms with Crippen molar-refractivity contribution in [3.8, 4) is 0 Å². The van der Waals surface area contributed by atoms with Crippen LogP contribution in [0.3, 0.4) is 0 Å². The van der Waals surface area contributed by atoms with Crippen LogP contribution in [0.25, 0.3) is 0 Å². The Morgan fingerprint density at radius 3 is 2.57 bits per heavy atom. The maximum Gasteiger partial charge on any atom is -0.00518 e. The zero-order valence-electron chi connectivity index (χ0n) is 16.7. The summed E-state index contributed by atoms with van der Waals surface area (Å²) < 4.78 is 0. The van der Waals surface area contributed by atoms with Crippen molar-refractivity contribution in [3.05, 3.63) is 0 Å². The van der Waals surface area contributed by atoms with Gasteiger partial charge in [-0.25, -0.2) is 0 Å². The summed E-state index contributed by atoms with van der Waals surface area (Å²) >= 11 is 0. The Hall–Kier alpha value is -0.0400. The van der Waals surface area contributed by atoms with E-state index in [1.165, 1.54) is 51.5 Å². The molecule has 23 heavy (non-hydrogen) atoms. The van der Waals surface area contributed by atoms with Gasteiger partial charge in [-0.1, -0.05) is 47.0 Å². The fourth-order valence-corrected chi connectivity index (χ4v) is 6.48. The fourth-order valence-electron chi connectivity index (χ4n) is 6.48. The molecule has 136 valence electrons. The predicted octanol–water partition coefficient (Wildman–Crippen LogP) is 6.28. The Balaban J connectivity index is 0.000000924. The van der Waals surface area contributed by atoms with E-state index < -0.39 is 0 Å². The Kier molecular flexibility index (Phi) is 7.45. The lowest BCUT2D eigenvalue weighted by molar-refractivity contribution is -0.0846. The number of nitrogens with one attached hydrogen (secondary N) is 1. The van der Waals surface area contributed by atoms with E-state index in [9.17, 15) is 0 Å². The maximum absolute atomic E-state index is 3.34. The van der Waals surface area contributed by atoms with Crippen molar-refractivity contribution in [2.75, 3.05) is 13.6 Å². The summed E-state index contributed by atoms with van der Waals surface area (Å²) in [6, 6.07) is 0. The Bertz CT molecular complexity index is 339. The van der Waals surface area contributed by atoms with Gasteiger partial charge in [0.15, 0.2) is 0 Å². The number of rotatable bonds is 4.